The smallest absolute Gasteiger partial charge is 0.306 e. The molecule has 3 aromatic rings. The number of hydrogen-bond donors (Lipinski definition) is 0. The van der Waals surface area contributed by atoms with Crippen molar-refractivity contribution in [3.8, 4) is 0 Å². The van der Waals surface area contributed by atoms with E-state index in [0.717, 1.165) is 20.9 Å². The molecule has 1 fully saturated rings. The van der Waals surface area contributed by atoms with Gasteiger partial charge in [0, 0.05) is 38.3 Å². The molecule has 1 saturated heterocycles. The number of piperazine rings is 1. The van der Waals surface area contributed by atoms with Gasteiger partial charge in [-0.2, -0.15) is 0 Å². The van der Waals surface area contributed by atoms with Crippen LogP contribution in [-0.4, -0.2) is 54.5 Å². The number of para-hydroxylation sites is 1. The number of fused-ring (bicyclic) bond motifs is 1. The molecule has 6 nitrogen and oxygen atoms in total. The van der Waals surface area contributed by atoms with Crippen LogP contribution in [0.15, 0.2) is 48.5 Å². The van der Waals surface area contributed by atoms with Gasteiger partial charge in [-0.15, -0.1) is 11.3 Å². The van der Waals surface area contributed by atoms with E-state index >= 15 is 0 Å². The lowest BCUT2D eigenvalue weighted by atomic mass is 10.2. The number of thiazole rings is 1. The Kier molecular flexibility index (Phi) is 6.23. The zero-order valence-corrected chi connectivity index (χ0v) is 17.2. The third kappa shape index (κ3) is 4.94. The third-order valence-electron chi connectivity index (χ3n) is 5.06. The van der Waals surface area contributed by atoms with Gasteiger partial charge in [0.2, 0.25) is 0 Å². The van der Waals surface area contributed by atoms with Gasteiger partial charge in [-0.05, 0) is 36.4 Å². The van der Waals surface area contributed by atoms with E-state index in [1.54, 1.807) is 28.4 Å². The Labute approximate surface area is 177 Å². The van der Waals surface area contributed by atoms with Crippen LogP contribution in [0.4, 0.5) is 10.1 Å². The molecule has 0 bridgehead atoms. The zero-order chi connectivity index (χ0) is 20.9. The molecule has 8 heteroatoms. The lowest BCUT2D eigenvalue weighted by molar-refractivity contribution is -0.152. The summed E-state index contributed by atoms with van der Waals surface area (Å²) in [4.78, 5) is 32.7. The van der Waals surface area contributed by atoms with Crippen LogP contribution in [0.1, 0.15) is 11.4 Å². The molecule has 1 aromatic heterocycles. The number of anilines is 1. The molecule has 0 atom stereocenters. The van der Waals surface area contributed by atoms with E-state index in [4.69, 9.17) is 4.74 Å². The number of benzene rings is 2. The predicted octanol–water partition coefficient (Wildman–Crippen LogP) is 3.26. The molecule has 0 aliphatic carbocycles. The van der Waals surface area contributed by atoms with Crippen molar-refractivity contribution >= 4 is 39.1 Å². The van der Waals surface area contributed by atoms with Gasteiger partial charge in [-0.3, -0.25) is 9.59 Å². The Morgan fingerprint density at radius 2 is 1.77 bits per heavy atom. The summed E-state index contributed by atoms with van der Waals surface area (Å²) in [6, 6.07) is 14.2. The largest absolute Gasteiger partial charge is 0.456 e. The standard InChI is InChI=1S/C22H22FN3O3S/c23-16-5-7-17(8-6-16)25-11-13-26(14-12-25)21(27)15-29-22(28)10-9-20-24-18-3-1-2-4-19(18)30-20/h1-8H,9-15H2. The third-order valence-corrected chi connectivity index (χ3v) is 6.16. The second-order valence-corrected chi connectivity index (χ2v) is 8.20. The molecule has 1 aliphatic rings. The Morgan fingerprint density at radius 1 is 1.03 bits per heavy atom. The van der Waals surface area contributed by atoms with Crippen molar-refractivity contribution in [2.75, 3.05) is 37.7 Å². The van der Waals surface area contributed by atoms with Crippen molar-refractivity contribution in [2.24, 2.45) is 0 Å². The zero-order valence-electron chi connectivity index (χ0n) is 16.4. The minimum atomic E-state index is -0.396. The molecule has 0 spiro atoms. The number of amides is 1. The van der Waals surface area contributed by atoms with E-state index in [1.807, 2.05) is 24.3 Å². The molecule has 2 aromatic carbocycles. The molecular formula is C22H22FN3O3S. The number of nitrogens with zero attached hydrogens (tertiary/aromatic N) is 3. The van der Waals surface area contributed by atoms with E-state index < -0.39 is 5.97 Å². The first-order valence-corrected chi connectivity index (χ1v) is 10.7. The summed E-state index contributed by atoms with van der Waals surface area (Å²) in [7, 11) is 0. The number of esters is 1. The van der Waals surface area contributed by atoms with Crippen molar-refractivity contribution < 1.29 is 18.7 Å². The normalized spacial score (nSPS) is 14.2. The summed E-state index contributed by atoms with van der Waals surface area (Å²) in [5.41, 5.74) is 1.87. The quantitative estimate of drug-likeness (QED) is 0.565. The summed E-state index contributed by atoms with van der Waals surface area (Å²) in [5, 5.41) is 0.886. The number of halogens is 1. The fourth-order valence-electron chi connectivity index (χ4n) is 3.41. The minimum Gasteiger partial charge on any atom is -0.456 e. The van der Waals surface area contributed by atoms with Crippen LogP contribution >= 0.6 is 11.3 Å². The highest BCUT2D eigenvalue weighted by molar-refractivity contribution is 7.18. The Balaban J connectivity index is 1.19. The van der Waals surface area contributed by atoms with Crippen LogP contribution in [-0.2, 0) is 20.7 Å². The number of carbonyl (C=O) groups excluding carboxylic acids is 2. The molecule has 0 N–H and O–H groups in total. The predicted molar refractivity (Wildman–Crippen MR) is 114 cm³/mol. The minimum absolute atomic E-state index is 0.193. The van der Waals surface area contributed by atoms with Gasteiger partial charge in [0.15, 0.2) is 6.61 Å². The molecule has 1 aliphatic heterocycles. The molecule has 0 radical (unpaired) electrons. The highest BCUT2D eigenvalue weighted by Gasteiger charge is 2.22. The number of rotatable bonds is 6. The molecule has 0 saturated carbocycles. The lowest BCUT2D eigenvalue weighted by Crippen LogP contribution is -2.49. The van der Waals surface area contributed by atoms with E-state index in [-0.39, 0.29) is 24.8 Å². The average Bonchev–Trinajstić information content (AvgIpc) is 3.20. The second-order valence-electron chi connectivity index (χ2n) is 7.08. The van der Waals surface area contributed by atoms with Crippen LogP contribution in [0, 0.1) is 5.82 Å². The maximum Gasteiger partial charge on any atom is 0.306 e. The van der Waals surface area contributed by atoms with Crippen molar-refractivity contribution in [1.82, 2.24) is 9.88 Å². The highest BCUT2D eigenvalue weighted by atomic mass is 32.1. The van der Waals surface area contributed by atoms with Crippen molar-refractivity contribution in [3.63, 3.8) is 0 Å². The van der Waals surface area contributed by atoms with Gasteiger partial charge in [0.1, 0.15) is 5.82 Å². The van der Waals surface area contributed by atoms with Gasteiger partial charge in [0.25, 0.3) is 5.91 Å². The number of hydrogen-bond acceptors (Lipinski definition) is 6. The molecule has 30 heavy (non-hydrogen) atoms. The van der Waals surface area contributed by atoms with Crippen molar-refractivity contribution in [3.05, 3.63) is 59.4 Å². The van der Waals surface area contributed by atoms with Crippen LogP contribution < -0.4 is 4.90 Å². The van der Waals surface area contributed by atoms with Gasteiger partial charge >= 0.3 is 5.97 Å². The van der Waals surface area contributed by atoms with E-state index in [9.17, 15) is 14.0 Å². The van der Waals surface area contributed by atoms with E-state index in [1.165, 1.54) is 12.1 Å². The summed E-state index contributed by atoms with van der Waals surface area (Å²) in [6.07, 6.45) is 0.703. The monoisotopic (exact) mass is 427 g/mol. The van der Waals surface area contributed by atoms with Crippen LogP contribution in [0.2, 0.25) is 0 Å². The molecule has 2 heterocycles. The van der Waals surface area contributed by atoms with Crippen LogP contribution in [0.25, 0.3) is 10.2 Å². The summed E-state index contributed by atoms with van der Waals surface area (Å²) in [6.45, 7) is 2.15. The fraction of sp³-hybridized carbons (Fsp3) is 0.318. The highest BCUT2D eigenvalue weighted by Crippen LogP contribution is 2.22. The van der Waals surface area contributed by atoms with Gasteiger partial charge in [-0.25, -0.2) is 9.37 Å². The SMILES string of the molecule is O=C(CCc1nc2ccccc2s1)OCC(=O)N1CCN(c2ccc(F)cc2)CC1. The van der Waals surface area contributed by atoms with Gasteiger partial charge in [-0.1, -0.05) is 12.1 Å². The number of ether oxygens (including phenoxy) is 1. The maximum absolute atomic E-state index is 13.1. The van der Waals surface area contributed by atoms with E-state index in [0.29, 0.717) is 32.6 Å². The number of aryl methyl sites for hydroxylation is 1. The van der Waals surface area contributed by atoms with Gasteiger partial charge < -0.3 is 14.5 Å². The average molecular weight is 428 g/mol. The maximum atomic E-state index is 13.1. The Bertz CT molecular complexity index is 997. The van der Waals surface area contributed by atoms with Gasteiger partial charge in [0.05, 0.1) is 21.6 Å². The van der Waals surface area contributed by atoms with Crippen molar-refractivity contribution in [1.29, 1.82) is 0 Å². The summed E-state index contributed by atoms with van der Waals surface area (Å²) in [5.74, 6) is -0.854. The molecule has 4 rings (SSSR count). The van der Waals surface area contributed by atoms with Crippen molar-refractivity contribution in [2.45, 2.75) is 12.8 Å². The van der Waals surface area contributed by atoms with E-state index in [2.05, 4.69) is 9.88 Å². The summed E-state index contributed by atoms with van der Waals surface area (Å²) < 4.78 is 19.3. The molecular weight excluding hydrogens is 405 g/mol. The molecule has 156 valence electrons. The summed E-state index contributed by atoms with van der Waals surface area (Å²) >= 11 is 1.57. The van der Waals surface area contributed by atoms with Crippen LogP contribution in [0.5, 0.6) is 0 Å². The first-order chi connectivity index (χ1) is 14.6. The first-order valence-electron chi connectivity index (χ1n) is 9.87. The molecule has 1 amide bonds. The Morgan fingerprint density at radius 3 is 2.50 bits per heavy atom. The number of aromatic nitrogens is 1. The Hall–Kier alpha value is -3.00. The lowest BCUT2D eigenvalue weighted by Gasteiger charge is -2.36. The van der Waals surface area contributed by atoms with Crippen LogP contribution in [0.3, 0.4) is 0 Å². The fourth-order valence-corrected chi connectivity index (χ4v) is 4.37. The number of carbonyl (C=O) groups is 2. The first kappa shape index (κ1) is 20.3. The second kappa shape index (κ2) is 9.21. The molecule has 0 unspecified atom stereocenters. The topological polar surface area (TPSA) is 62.7 Å².